The molecule has 4 rings (SSSR count). The Balaban J connectivity index is 0.00000400. The van der Waals surface area contributed by atoms with Crippen LogP contribution in [0.5, 0.6) is 5.75 Å². The minimum atomic E-state index is -0.338. The summed E-state index contributed by atoms with van der Waals surface area (Å²) in [7, 11) is 0. The molecule has 0 spiro atoms. The summed E-state index contributed by atoms with van der Waals surface area (Å²) in [6, 6.07) is 24.6. The van der Waals surface area contributed by atoms with Gasteiger partial charge in [0.05, 0.1) is 18.1 Å². The summed E-state index contributed by atoms with van der Waals surface area (Å²) in [4.78, 5) is 29.1. The molecule has 1 aliphatic rings. The lowest BCUT2D eigenvalue weighted by Crippen LogP contribution is -2.28. The minimum absolute atomic E-state index is 0. The Hall–Kier alpha value is -3.84. The number of ether oxygens (including phenoxy) is 2. The number of nitrogens with zero attached hydrogens (tertiary/aromatic N) is 1. The molecule has 1 aliphatic carbocycles. The largest absolute Gasteiger partial charge is 0.462 e. The van der Waals surface area contributed by atoms with E-state index in [-0.39, 0.29) is 36.2 Å². The van der Waals surface area contributed by atoms with Crippen LogP contribution in [0.2, 0.25) is 0 Å². The van der Waals surface area contributed by atoms with Gasteiger partial charge in [-0.15, -0.1) is 12.4 Å². The van der Waals surface area contributed by atoms with E-state index in [1.165, 1.54) is 0 Å². The highest BCUT2D eigenvalue weighted by Crippen LogP contribution is 2.31. The number of rotatable bonds is 9. The second-order valence-electron chi connectivity index (χ2n) is 9.38. The third kappa shape index (κ3) is 8.35. The summed E-state index contributed by atoms with van der Waals surface area (Å²) in [6.07, 6.45) is 4.06. The number of nitrogens with two attached hydrogens (primary N) is 2. The van der Waals surface area contributed by atoms with Gasteiger partial charge in [-0.25, -0.2) is 4.79 Å². The van der Waals surface area contributed by atoms with E-state index in [0.717, 1.165) is 42.4 Å². The van der Waals surface area contributed by atoms with Crippen molar-refractivity contribution in [1.82, 2.24) is 0 Å². The number of carbonyl (C=O) groups excluding carboxylic acids is 2. The number of benzene rings is 3. The van der Waals surface area contributed by atoms with E-state index >= 15 is 0 Å². The molecular formula is C30H34ClN3O4. The molecule has 0 bridgehead atoms. The summed E-state index contributed by atoms with van der Waals surface area (Å²) in [5, 5.41) is 0. The van der Waals surface area contributed by atoms with Gasteiger partial charge in [0.15, 0.2) is 5.96 Å². The molecule has 0 amide bonds. The normalized spacial score (nSPS) is 16.5. The molecule has 1 fully saturated rings. The lowest BCUT2D eigenvalue weighted by Gasteiger charge is -2.26. The van der Waals surface area contributed by atoms with Crippen LogP contribution < -0.4 is 16.2 Å². The Morgan fingerprint density at radius 3 is 2.03 bits per heavy atom. The maximum Gasteiger partial charge on any atom is 0.338 e. The van der Waals surface area contributed by atoms with Gasteiger partial charge < -0.3 is 20.9 Å². The monoisotopic (exact) mass is 535 g/mol. The first kappa shape index (κ1) is 28.7. The minimum Gasteiger partial charge on any atom is -0.462 e. The number of carbonyl (C=O) groups is 2. The molecule has 0 saturated heterocycles. The number of hydrogen-bond donors (Lipinski definition) is 2. The Morgan fingerprint density at radius 1 is 0.816 bits per heavy atom. The van der Waals surface area contributed by atoms with Crippen molar-refractivity contribution < 1.29 is 19.1 Å². The smallest absolute Gasteiger partial charge is 0.338 e. The Bertz CT molecular complexity index is 1200. The number of esters is 2. The van der Waals surface area contributed by atoms with E-state index in [9.17, 15) is 9.59 Å². The van der Waals surface area contributed by atoms with Crippen LogP contribution in [0.4, 0.5) is 0 Å². The first-order valence-corrected chi connectivity index (χ1v) is 12.7. The predicted octanol–water partition coefficient (Wildman–Crippen LogP) is 5.16. The van der Waals surface area contributed by atoms with Crippen molar-refractivity contribution in [2.24, 2.45) is 28.3 Å². The maximum absolute atomic E-state index is 12.6. The Kier molecular flexibility index (Phi) is 10.7. The summed E-state index contributed by atoms with van der Waals surface area (Å²) >= 11 is 0. The van der Waals surface area contributed by atoms with E-state index in [4.69, 9.17) is 20.9 Å². The van der Waals surface area contributed by atoms with Gasteiger partial charge in [0.25, 0.3) is 0 Å². The van der Waals surface area contributed by atoms with Crippen molar-refractivity contribution in [2.75, 3.05) is 13.2 Å². The lowest BCUT2D eigenvalue weighted by atomic mass is 9.82. The third-order valence-electron chi connectivity index (χ3n) is 6.71. The van der Waals surface area contributed by atoms with Crippen molar-refractivity contribution in [3.63, 3.8) is 0 Å². The predicted molar refractivity (Wildman–Crippen MR) is 151 cm³/mol. The van der Waals surface area contributed by atoms with Crippen LogP contribution in [-0.2, 0) is 16.0 Å². The highest BCUT2D eigenvalue weighted by atomic mass is 35.5. The van der Waals surface area contributed by atoms with Crippen LogP contribution in [0.25, 0.3) is 11.1 Å². The molecule has 0 aromatic heterocycles. The Labute approximate surface area is 229 Å². The molecule has 0 atom stereocenters. The van der Waals surface area contributed by atoms with Gasteiger partial charge in [0, 0.05) is 13.0 Å². The van der Waals surface area contributed by atoms with Crippen molar-refractivity contribution in [3.05, 3.63) is 90.0 Å². The fourth-order valence-corrected chi connectivity index (χ4v) is 4.52. The quantitative estimate of drug-likeness (QED) is 0.169. The molecule has 38 heavy (non-hydrogen) atoms. The van der Waals surface area contributed by atoms with Gasteiger partial charge >= 0.3 is 11.9 Å². The first-order chi connectivity index (χ1) is 18.0. The van der Waals surface area contributed by atoms with Crippen LogP contribution in [0.15, 0.2) is 83.9 Å². The van der Waals surface area contributed by atoms with E-state index in [1.54, 1.807) is 24.3 Å². The fourth-order valence-electron chi connectivity index (χ4n) is 4.52. The second kappa shape index (κ2) is 14.2. The average molecular weight is 536 g/mol. The van der Waals surface area contributed by atoms with E-state index < -0.39 is 0 Å². The molecule has 0 heterocycles. The van der Waals surface area contributed by atoms with Crippen molar-refractivity contribution in [1.29, 1.82) is 0 Å². The topological polar surface area (TPSA) is 117 Å². The number of guanidine groups is 1. The molecule has 0 radical (unpaired) electrons. The summed E-state index contributed by atoms with van der Waals surface area (Å²) in [6.45, 7) is 0.951. The SMILES string of the molecule is Cl.NC(N)=NCC1CCC(C(=O)Oc2ccc(-c3ccc(C(=O)OCCc4ccccc4)cc3)cc2)CC1. The summed E-state index contributed by atoms with van der Waals surface area (Å²) < 4.78 is 11.0. The van der Waals surface area contributed by atoms with Gasteiger partial charge in [0.2, 0.25) is 0 Å². The van der Waals surface area contributed by atoms with Gasteiger partial charge in [0.1, 0.15) is 5.75 Å². The van der Waals surface area contributed by atoms with Crippen LogP contribution in [-0.4, -0.2) is 31.0 Å². The second-order valence-corrected chi connectivity index (χ2v) is 9.38. The molecule has 200 valence electrons. The standard InChI is InChI=1S/C30H33N3O4.ClH/c31-30(32)33-20-22-6-8-26(9-7-22)29(35)37-27-16-14-24(15-17-27)23-10-12-25(13-11-23)28(34)36-19-18-21-4-2-1-3-5-21;/h1-5,10-17,22,26H,6-9,18-20H2,(H4,31,32,33);1H. The van der Waals surface area contributed by atoms with Gasteiger partial charge in [-0.1, -0.05) is 54.6 Å². The lowest BCUT2D eigenvalue weighted by molar-refractivity contribution is -0.140. The summed E-state index contributed by atoms with van der Waals surface area (Å²) in [5.41, 5.74) is 14.4. The van der Waals surface area contributed by atoms with Crippen molar-refractivity contribution in [2.45, 2.75) is 32.1 Å². The molecule has 8 heteroatoms. The molecular weight excluding hydrogens is 502 g/mol. The molecule has 1 saturated carbocycles. The zero-order chi connectivity index (χ0) is 26.0. The van der Waals surface area contributed by atoms with Gasteiger partial charge in [-0.3, -0.25) is 9.79 Å². The van der Waals surface area contributed by atoms with Crippen LogP contribution in [0.3, 0.4) is 0 Å². The van der Waals surface area contributed by atoms with Crippen molar-refractivity contribution in [3.8, 4) is 16.9 Å². The van der Waals surface area contributed by atoms with Gasteiger partial charge in [-0.05, 0) is 72.6 Å². The molecule has 4 N–H and O–H groups in total. The molecule has 3 aromatic carbocycles. The third-order valence-corrected chi connectivity index (χ3v) is 6.71. The van der Waals surface area contributed by atoms with Crippen LogP contribution in [0.1, 0.15) is 41.6 Å². The maximum atomic E-state index is 12.6. The Morgan fingerprint density at radius 2 is 1.42 bits per heavy atom. The average Bonchev–Trinajstić information content (AvgIpc) is 2.93. The van der Waals surface area contributed by atoms with E-state index in [0.29, 0.717) is 36.8 Å². The van der Waals surface area contributed by atoms with Gasteiger partial charge in [-0.2, -0.15) is 0 Å². The number of hydrogen-bond acceptors (Lipinski definition) is 5. The summed E-state index contributed by atoms with van der Waals surface area (Å²) in [5.74, 6) is 0.411. The zero-order valence-corrected chi connectivity index (χ0v) is 22.1. The first-order valence-electron chi connectivity index (χ1n) is 12.7. The molecule has 7 nitrogen and oxygen atoms in total. The highest BCUT2D eigenvalue weighted by Gasteiger charge is 2.27. The van der Waals surface area contributed by atoms with E-state index in [1.807, 2.05) is 54.6 Å². The molecule has 0 unspecified atom stereocenters. The number of halogens is 1. The van der Waals surface area contributed by atoms with Crippen molar-refractivity contribution >= 4 is 30.3 Å². The molecule has 3 aromatic rings. The number of aliphatic imine (C=N–C) groups is 1. The van der Waals surface area contributed by atoms with E-state index in [2.05, 4.69) is 4.99 Å². The van der Waals surface area contributed by atoms with Crippen LogP contribution >= 0.6 is 12.4 Å². The highest BCUT2D eigenvalue weighted by molar-refractivity contribution is 5.90. The van der Waals surface area contributed by atoms with Crippen LogP contribution in [0, 0.1) is 11.8 Å². The molecule has 0 aliphatic heterocycles. The zero-order valence-electron chi connectivity index (χ0n) is 21.3. The fraction of sp³-hybridized carbons (Fsp3) is 0.300.